The lowest BCUT2D eigenvalue weighted by Gasteiger charge is -2.31. The molecule has 3 aromatic carbocycles. The normalized spacial score (nSPS) is 15.2. The SMILES string of the molecule is C=C(Cc1cc2cc(-c3ccc4c(N5CCC(F)(F)CC5)n[nH]c4c3)cc(-c3ccc(F)cc3)c2o1)C(N)=O. The van der Waals surface area contributed by atoms with Gasteiger partial charge in [-0.3, -0.25) is 9.89 Å². The van der Waals surface area contributed by atoms with Gasteiger partial charge in [-0.15, -0.1) is 0 Å². The number of aromatic nitrogens is 2. The number of primary amides is 1. The number of nitrogens with one attached hydrogen (secondary N) is 1. The number of halogens is 3. The minimum absolute atomic E-state index is 0.174. The number of benzene rings is 3. The van der Waals surface area contributed by atoms with Crippen molar-refractivity contribution in [3.8, 4) is 22.3 Å². The third-order valence-electron chi connectivity index (χ3n) is 7.23. The summed E-state index contributed by atoms with van der Waals surface area (Å²) in [7, 11) is 0. The molecule has 1 aliphatic heterocycles. The van der Waals surface area contributed by atoms with Crippen molar-refractivity contribution in [1.82, 2.24) is 10.2 Å². The van der Waals surface area contributed by atoms with Crippen LogP contribution in [0.1, 0.15) is 18.6 Å². The Morgan fingerprint density at radius 2 is 1.74 bits per heavy atom. The van der Waals surface area contributed by atoms with Crippen LogP contribution >= 0.6 is 0 Å². The average Bonchev–Trinajstić information content (AvgIpc) is 3.52. The van der Waals surface area contributed by atoms with Gasteiger partial charge in [0.15, 0.2) is 5.82 Å². The smallest absolute Gasteiger partial charge is 0.251 e. The van der Waals surface area contributed by atoms with Crippen LogP contribution in [0.4, 0.5) is 19.0 Å². The molecular formula is C30H25F3N4O2. The highest BCUT2D eigenvalue weighted by molar-refractivity contribution is 5.99. The maximum absolute atomic E-state index is 13.7. The number of H-pyrrole nitrogens is 1. The van der Waals surface area contributed by atoms with E-state index in [1.54, 1.807) is 12.1 Å². The van der Waals surface area contributed by atoms with E-state index >= 15 is 0 Å². The number of piperidine rings is 1. The van der Waals surface area contributed by atoms with Crippen molar-refractivity contribution in [3.63, 3.8) is 0 Å². The molecule has 39 heavy (non-hydrogen) atoms. The van der Waals surface area contributed by atoms with Crippen molar-refractivity contribution in [3.05, 3.63) is 84.4 Å². The van der Waals surface area contributed by atoms with E-state index in [1.165, 1.54) is 12.1 Å². The molecule has 3 N–H and O–H groups in total. The van der Waals surface area contributed by atoms with Crippen LogP contribution < -0.4 is 10.6 Å². The van der Waals surface area contributed by atoms with Crippen molar-refractivity contribution in [2.24, 2.45) is 5.73 Å². The van der Waals surface area contributed by atoms with Gasteiger partial charge in [-0.25, -0.2) is 13.2 Å². The molecule has 0 spiro atoms. The Morgan fingerprint density at radius 1 is 1.03 bits per heavy atom. The van der Waals surface area contributed by atoms with Gasteiger partial charge in [-0.1, -0.05) is 24.8 Å². The van der Waals surface area contributed by atoms with E-state index in [2.05, 4.69) is 16.8 Å². The number of amides is 1. The van der Waals surface area contributed by atoms with E-state index in [4.69, 9.17) is 10.2 Å². The Balaban J connectivity index is 1.41. The first-order valence-electron chi connectivity index (χ1n) is 12.6. The Morgan fingerprint density at radius 3 is 2.46 bits per heavy atom. The molecule has 1 amide bonds. The van der Waals surface area contributed by atoms with Crippen LogP contribution in [0.5, 0.6) is 0 Å². The van der Waals surface area contributed by atoms with Gasteiger partial charge in [0, 0.05) is 54.3 Å². The number of hydrogen-bond acceptors (Lipinski definition) is 4. The highest BCUT2D eigenvalue weighted by atomic mass is 19.3. The molecule has 0 saturated carbocycles. The van der Waals surface area contributed by atoms with Crippen LogP contribution in [0.2, 0.25) is 0 Å². The van der Waals surface area contributed by atoms with Gasteiger partial charge >= 0.3 is 0 Å². The fourth-order valence-electron chi connectivity index (χ4n) is 5.07. The van der Waals surface area contributed by atoms with E-state index in [1.807, 2.05) is 41.3 Å². The first-order valence-corrected chi connectivity index (χ1v) is 12.6. The quantitative estimate of drug-likeness (QED) is 0.242. The Hall–Kier alpha value is -4.53. The van der Waals surface area contributed by atoms with Crippen molar-refractivity contribution >= 4 is 33.6 Å². The van der Waals surface area contributed by atoms with Crippen molar-refractivity contribution in [2.45, 2.75) is 25.2 Å². The molecule has 6 rings (SSSR count). The van der Waals surface area contributed by atoms with Gasteiger partial charge in [-0.05, 0) is 59.2 Å². The van der Waals surface area contributed by atoms with E-state index in [0.29, 0.717) is 17.2 Å². The number of anilines is 1. The Kier molecular flexibility index (Phi) is 5.94. The highest BCUT2D eigenvalue weighted by Crippen LogP contribution is 2.38. The molecule has 2 aromatic heterocycles. The van der Waals surface area contributed by atoms with Gasteiger partial charge in [0.2, 0.25) is 5.91 Å². The average molecular weight is 531 g/mol. The zero-order valence-electron chi connectivity index (χ0n) is 20.9. The van der Waals surface area contributed by atoms with Crippen LogP contribution in [0, 0.1) is 5.82 Å². The Labute approximate surface area is 221 Å². The number of fused-ring (bicyclic) bond motifs is 2. The third-order valence-corrected chi connectivity index (χ3v) is 7.23. The molecule has 5 aromatic rings. The predicted molar refractivity (Wildman–Crippen MR) is 145 cm³/mol. The monoisotopic (exact) mass is 530 g/mol. The summed E-state index contributed by atoms with van der Waals surface area (Å²) in [6.07, 6.45) is -0.205. The molecule has 1 fully saturated rings. The lowest BCUT2D eigenvalue weighted by molar-refractivity contribution is -0.114. The summed E-state index contributed by atoms with van der Waals surface area (Å²) in [4.78, 5) is 13.4. The molecule has 0 atom stereocenters. The molecule has 3 heterocycles. The topological polar surface area (TPSA) is 88.2 Å². The lowest BCUT2D eigenvalue weighted by Crippen LogP contribution is -2.39. The van der Waals surface area contributed by atoms with Gasteiger partial charge < -0.3 is 15.1 Å². The van der Waals surface area contributed by atoms with Gasteiger partial charge in [0.05, 0.1) is 5.52 Å². The number of carbonyl (C=O) groups is 1. The molecule has 6 nitrogen and oxygen atoms in total. The third kappa shape index (κ3) is 4.76. The minimum Gasteiger partial charge on any atom is -0.460 e. The second-order valence-electron chi connectivity index (χ2n) is 9.96. The molecule has 0 aliphatic carbocycles. The second kappa shape index (κ2) is 9.34. The molecule has 0 unspecified atom stereocenters. The summed E-state index contributed by atoms with van der Waals surface area (Å²) < 4.78 is 47.1. The maximum atomic E-state index is 13.7. The fraction of sp³-hybridized carbons (Fsp3) is 0.200. The van der Waals surface area contributed by atoms with Crippen molar-refractivity contribution in [1.29, 1.82) is 0 Å². The lowest BCUT2D eigenvalue weighted by atomic mass is 9.96. The zero-order chi connectivity index (χ0) is 27.3. The number of hydrogen-bond donors (Lipinski definition) is 2. The number of nitrogens with zero attached hydrogens (tertiary/aromatic N) is 2. The molecule has 0 radical (unpaired) electrons. The van der Waals surface area contributed by atoms with E-state index < -0.39 is 11.8 Å². The summed E-state index contributed by atoms with van der Waals surface area (Å²) in [5.41, 5.74) is 10.3. The van der Waals surface area contributed by atoms with Crippen LogP contribution in [0.25, 0.3) is 44.1 Å². The first-order chi connectivity index (χ1) is 18.7. The Bertz CT molecular complexity index is 1730. The molecule has 0 bridgehead atoms. The van der Waals surface area contributed by atoms with Crippen LogP contribution in [-0.2, 0) is 11.2 Å². The van der Waals surface area contributed by atoms with Crippen molar-refractivity contribution in [2.75, 3.05) is 18.0 Å². The molecule has 1 saturated heterocycles. The summed E-state index contributed by atoms with van der Waals surface area (Å²) >= 11 is 0. The second-order valence-corrected chi connectivity index (χ2v) is 9.96. The molecule has 1 aliphatic rings. The van der Waals surface area contributed by atoms with Crippen LogP contribution in [-0.4, -0.2) is 35.1 Å². The van der Waals surface area contributed by atoms with Gasteiger partial charge in [-0.2, -0.15) is 5.10 Å². The standard InChI is InChI=1S/C30H25F3N4O2/c1-17(28(34)38)12-23-14-21-13-20(15-25(27(21)39-23)18-2-5-22(31)6-3-18)19-4-7-24-26(16-19)35-36-29(24)37-10-8-30(32,33)9-11-37/h2-7,13-16H,1,8-12H2,(H2,34,38)(H,35,36). The number of nitrogens with two attached hydrogens (primary N) is 1. The van der Waals surface area contributed by atoms with E-state index in [-0.39, 0.29) is 43.7 Å². The van der Waals surface area contributed by atoms with Crippen LogP contribution in [0.15, 0.2) is 77.2 Å². The van der Waals surface area contributed by atoms with Gasteiger partial charge in [0.1, 0.15) is 17.2 Å². The predicted octanol–water partition coefficient (Wildman–Crippen LogP) is 6.60. The zero-order valence-corrected chi connectivity index (χ0v) is 20.9. The van der Waals surface area contributed by atoms with E-state index in [0.717, 1.165) is 38.5 Å². The summed E-state index contributed by atoms with van der Waals surface area (Å²) in [6, 6.07) is 17.8. The fourth-order valence-corrected chi connectivity index (χ4v) is 5.07. The van der Waals surface area contributed by atoms with Crippen molar-refractivity contribution < 1.29 is 22.4 Å². The summed E-state index contributed by atoms with van der Waals surface area (Å²) in [5.74, 6) is -2.36. The number of rotatable bonds is 6. The highest BCUT2D eigenvalue weighted by Gasteiger charge is 2.35. The van der Waals surface area contributed by atoms with Gasteiger partial charge in [0.25, 0.3) is 5.92 Å². The molecule has 198 valence electrons. The summed E-state index contributed by atoms with van der Waals surface area (Å²) in [6.45, 7) is 4.22. The van der Waals surface area contributed by atoms with E-state index in [9.17, 15) is 18.0 Å². The number of aromatic amines is 1. The molecule has 9 heteroatoms. The first kappa shape index (κ1) is 24.8. The number of furan rings is 1. The van der Waals surface area contributed by atoms with Crippen LogP contribution in [0.3, 0.4) is 0 Å². The summed E-state index contributed by atoms with van der Waals surface area (Å²) in [5, 5.41) is 9.14. The number of carbonyl (C=O) groups excluding carboxylic acids is 1. The molecular weight excluding hydrogens is 505 g/mol. The minimum atomic E-state index is -2.63. The number of alkyl halides is 2. The maximum Gasteiger partial charge on any atom is 0.251 e. The largest absolute Gasteiger partial charge is 0.460 e.